The van der Waals surface area contributed by atoms with Crippen LogP contribution in [-0.4, -0.2) is 68.3 Å². The van der Waals surface area contributed by atoms with Crippen molar-refractivity contribution in [2.24, 2.45) is 0 Å². The third kappa shape index (κ3) is 9.15. The maximum absolute atomic E-state index is 13.5. The number of carboxylic acids is 1. The molecule has 0 unspecified atom stereocenters. The third-order valence-corrected chi connectivity index (χ3v) is 11.3. The van der Waals surface area contributed by atoms with Crippen LogP contribution in [0.25, 0.3) is 23.0 Å². The van der Waals surface area contributed by atoms with Gasteiger partial charge in [-0.2, -0.15) is 9.40 Å². The Bertz CT molecular complexity index is 1650. The van der Waals surface area contributed by atoms with Crippen molar-refractivity contribution in [3.63, 3.8) is 0 Å². The lowest BCUT2D eigenvalue weighted by atomic mass is 10.1. The average molecular weight is 683 g/mol. The molecule has 1 fully saturated rings. The number of thioether (sulfide) groups is 1. The van der Waals surface area contributed by atoms with E-state index in [1.54, 1.807) is 33.9 Å². The topological polar surface area (TPSA) is 113 Å². The van der Waals surface area contributed by atoms with E-state index < -0.39 is 16.0 Å². The molecule has 12 heteroatoms. The number of sulfonamides is 1. The van der Waals surface area contributed by atoms with Gasteiger partial charge in [0.05, 0.1) is 15.5 Å². The van der Waals surface area contributed by atoms with Gasteiger partial charge >= 0.3 is 5.97 Å². The number of aromatic nitrogens is 2. The van der Waals surface area contributed by atoms with Crippen molar-refractivity contribution in [3.05, 3.63) is 71.3 Å². The van der Waals surface area contributed by atoms with Gasteiger partial charge in [0.2, 0.25) is 10.0 Å². The average Bonchev–Trinajstić information content (AvgIpc) is 3.58. The second-order valence-corrected chi connectivity index (χ2v) is 14.7. The van der Waals surface area contributed by atoms with E-state index in [-0.39, 0.29) is 17.2 Å². The molecule has 3 aromatic rings. The molecule has 1 aromatic heterocycles. The predicted octanol–water partition coefficient (Wildman–Crippen LogP) is 7.37. The van der Waals surface area contributed by atoms with Crippen LogP contribution in [0.5, 0.6) is 0 Å². The van der Waals surface area contributed by atoms with Gasteiger partial charge in [-0.05, 0) is 43.2 Å². The number of unbranched alkanes of at least 4 members (excludes halogenated alkanes) is 7. The highest BCUT2D eigenvalue weighted by molar-refractivity contribution is 8.26. The van der Waals surface area contributed by atoms with Gasteiger partial charge in [-0.25, -0.2) is 13.1 Å². The zero-order valence-electron chi connectivity index (χ0n) is 26.4. The number of carbonyl (C=O) groups is 2. The van der Waals surface area contributed by atoms with E-state index in [9.17, 15) is 18.0 Å². The molecule has 1 aliphatic heterocycles. The van der Waals surface area contributed by atoms with Crippen LogP contribution in [0.15, 0.2) is 70.6 Å². The molecule has 0 aliphatic carbocycles. The molecule has 4 rings (SSSR count). The summed E-state index contributed by atoms with van der Waals surface area (Å²) in [4.78, 5) is 26.5. The van der Waals surface area contributed by atoms with Crippen LogP contribution in [0.4, 0.5) is 0 Å². The lowest BCUT2D eigenvalue weighted by Gasteiger charge is -2.18. The monoisotopic (exact) mass is 682 g/mol. The van der Waals surface area contributed by atoms with Crippen LogP contribution in [0, 0.1) is 0 Å². The van der Waals surface area contributed by atoms with E-state index in [1.807, 2.05) is 56.4 Å². The van der Waals surface area contributed by atoms with E-state index in [2.05, 4.69) is 0 Å². The summed E-state index contributed by atoms with van der Waals surface area (Å²) in [5, 5.41) is 13.6. The maximum atomic E-state index is 13.5. The number of para-hydroxylation sites is 1. The summed E-state index contributed by atoms with van der Waals surface area (Å²) < 4.78 is 30.3. The van der Waals surface area contributed by atoms with Gasteiger partial charge < -0.3 is 5.11 Å². The highest BCUT2D eigenvalue weighted by atomic mass is 32.2. The van der Waals surface area contributed by atoms with Crippen molar-refractivity contribution >= 4 is 56.3 Å². The molecule has 2 aromatic carbocycles. The zero-order chi connectivity index (χ0) is 33.1. The number of hydrogen-bond donors (Lipinski definition) is 1. The fourth-order valence-corrected chi connectivity index (χ4v) is 8.19. The van der Waals surface area contributed by atoms with Crippen molar-refractivity contribution in [3.8, 4) is 16.9 Å². The third-order valence-electron chi connectivity index (χ3n) is 7.90. The van der Waals surface area contributed by atoms with Gasteiger partial charge in [0.15, 0.2) is 0 Å². The van der Waals surface area contributed by atoms with E-state index in [0.717, 1.165) is 57.1 Å². The van der Waals surface area contributed by atoms with Gasteiger partial charge in [0, 0.05) is 43.4 Å². The number of aliphatic carboxylic acids is 1. The molecule has 46 heavy (non-hydrogen) atoms. The number of thiocarbonyl (C=S) groups is 1. The number of hydrogen-bond acceptors (Lipinski definition) is 7. The number of amides is 1. The minimum Gasteiger partial charge on any atom is -0.481 e. The quantitative estimate of drug-likeness (QED) is 0.0841. The Hall–Kier alpha value is -3.32. The van der Waals surface area contributed by atoms with Gasteiger partial charge in [0.1, 0.15) is 10.0 Å². The fraction of sp³-hybridized carbons (Fsp3) is 0.412. The van der Waals surface area contributed by atoms with E-state index in [0.29, 0.717) is 45.7 Å². The molecule has 1 saturated heterocycles. The molecule has 0 saturated carbocycles. The van der Waals surface area contributed by atoms with Crippen molar-refractivity contribution in [1.29, 1.82) is 0 Å². The predicted molar refractivity (Wildman–Crippen MR) is 188 cm³/mol. The highest BCUT2D eigenvalue weighted by Gasteiger charge is 2.32. The minimum atomic E-state index is -3.68. The molecule has 9 nitrogen and oxygen atoms in total. The first-order valence-corrected chi connectivity index (χ1v) is 18.5. The number of rotatable bonds is 18. The van der Waals surface area contributed by atoms with Crippen LogP contribution in [0.1, 0.15) is 77.2 Å². The van der Waals surface area contributed by atoms with E-state index in [1.165, 1.54) is 16.1 Å². The highest BCUT2D eigenvalue weighted by Crippen LogP contribution is 2.35. The Kier molecular flexibility index (Phi) is 13.1. The Labute approximate surface area is 281 Å². The Morgan fingerprint density at radius 1 is 0.957 bits per heavy atom. The summed E-state index contributed by atoms with van der Waals surface area (Å²) in [6.45, 7) is 4.93. The van der Waals surface area contributed by atoms with Crippen molar-refractivity contribution in [1.82, 2.24) is 19.0 Å². The summed E-state index contributed by atoms with van der Waals surface area (Å²) in [7, 11) is -3.68. The molecule has 0 spiro atoms. The first-order chi connectivity index (χ1) is 22.1. The first-order valence-electron chi connectivity index (χ1n) is 15.9. The number of nitrogens with zero attached hydrogens (tertiary/aromatic N) is 4. The summed E-state index contributed by atoms with van der Waals surface area (Å²) in [5.74, 6) is -0.869. The zero-order valence-corrected chi connectivity index (χ0v) is 28.9. The molecule has 0 radical (unpaired) electrons. The van der Waals surface area contributed by atoms with Crippen LogP contribution >= 0.6 is 24.0 Å². The summed E-state index contributed by atoms with van der Waals surface area (Å²) in [6.07, 6.45) is 11.7. The van der Waals surface area contributed by atoms with Crippen LogP contribution in [0.3, 0.4) is 0 Å². The van der Waals surface area contributed by atoms with Gasteiger partial charge in [-0.3, -0.25) is 14.5 Å². The molecule has 1 N–H and O–H groups in total. The lowest BCUT2D eigenvalue weighted by molar-refractivity contribution is -0.137. The van der Waals surface area contributed by atoms with Gasteiger partial charge in [-0.15, -0.1) is 0 Å². The second-order valence-electron chi connectivity index (χ2n) is 11.1. The molecular formula is C34H42N4O5S3. The second kappa shape index (κ2) is 17.0. The number of carbonyl (C=O) groups excluding carboxylic acids is 1. The van der Waals surface area contributed by atoms with E-state index in [4.69, 9.17) is 22.4 Å². The molecule has 246 valence electrons. The Morgan fingerprint density at radius 3 is 2.26 bits per heavy atom. The van der Waals surface area contributed by atoms with Crippen molar-refractivity contribution < 1.29 is 23.1 Å². The first kappa shape index (κ1) is 35.5. The lowest BCUT2D eigenvalue weighted by Crippen LogP contribution is -2.30. The summed E-state index contributed by atoms with van der Waals surface area (Å²) >= 11 is 6.87. The van der Waals surface area contributed by atoms with Gasteiger partial charge in [-0.1, -0.05) is 107 Å². The van der Waals surface area contributed by atoms with Crippen LogP contribution < -0.4 is 0 Å². The SMILES string of the molecule is CCN(CC)S(=O)(=O)c1cccc(-c2nn(-c3ccccc3)cc2C=C2SC(=S)N(CCCCCCCCCCC(=O)O)C2=O)c1. The molecule has 0 atom stereocenters. The maximum Gasteiger partial charge on any atom is 0.303 e. The minimum absolute atomic E-state index is 0.135. The Balaban J connectivity index is 1.49. The van der Waals surface area contributed by atoms with Crippen LogP contribution in [-0.2, 0) is 19.6 Å². The molecule has 2 heterocycles. The van der Waals surface area contributed by atoms with Crippen LogP contribution in [0.2, 0.25) is 0 Å². The van der Waals surface area contributed by atoms with Crippen molar-refractivity contribution in [2.75, 3.05) is 19.6 Å². The molecular weight excluding hydrogens is 641 g/mol. The summed E-state index contributed by atoms with van der Waals surface area (Å²) in [5.41, 5.74) is 2.72. The smallest absolute Gasteiger partial charge is 0.303 e. The largest absolute Gasteiger partial charge is 0.481 e. The number of benzene rings is 2. The van der Waals surface area contributed by atoms with Crippen molar-refractivity contribution in [2.45, 2.75) is 76.5 Å². The van der Waals surface area contributed by atoms with E-state index >= 15 is 0 Å². The Morgan fingerprint density at radius 2 is 1.61 bits per heavy atom. The van der Waals surface area contributed by atoms with Gasteiger partial charge in [0.25, 0.3) is 5.91 Å². The molecule has 1 aliphatic rings. The normalized spacial score (nSPS) is 14.6. The summed E-state index contributed by atoms with van der Waals surface area (Å²) in [6, 6.07) is 16.4. The standard InChI is InChI=1S/C34H42N4O5S3/c1-3-36(4-2)46(42,43)29-20-16-17-26(23-29)32-27(25-38(35-32)28-18-12-11-13-19-28)24-30-33(41)37(34(44)45-30)22-15-10-8-6-5-7-9-14-21-31(39)40/h11-13,16-20,23-25H,3-10,14-15,21-22H2,1-2H3,(H,39,40). The number of carboxylic acid groups (broad SMARTS) is 1. The molecule has 1 amide bonds. The molecule has 0 bridgehead atoms. The fourth-order valence-electron chi connectivity index (χ4n) is 5.39.